The molecule has 0 aromatic rings. The number of ketones is 1. The van der Waals surface area contributed by atoms with Crippen LogP contribution in [0.3, 0.4) is 0 Å². The summed E-state index contributed by atoms with van der Waals surface area (Å²) in [5.41, 5.74) is 0. The van der Waals surface area contributed by atoms with Crippen molar-refractivity contribution < 1.29 is 33.7 Å². The van der Waals surface area contributed by atoms with Gasteiger partial charge in [-0.1, -0.05) is 13.8 Å². The van der Waals surface area contributed by atoms with Crippen LogP contribution in [0.15, 0.2) is 24.0 Å². The summed E-state index contributed by atoms with van der Waals surface area (Å²) in [4.78, 5) is 38.2. The second-order valence-electron chi connectivity index (χ2n) is 6.89. The van der Waals surface area contributed by atoms with E-state index in [2.05, 4.69) is 0 Å². The lowest BCUT2D eigenvalue weighted by Crippen LogP contribution is -2.48. The molecule has 27 heavy (non-hydrogen) atoms. The van der Waals surface area contributed by atoms with Crippen molar-refractivity contribution in [2.45, 2.75) is 39.3 Å². The average molecular weight is 381 g/mol. The molecule has 2 amide bonds. The van der Waals surface area contributed by atoms with Crippen molar-refractivity contribution in [2.24, 2.45) is 11.8 Å². The van der Waals surface area contributed by atoms with Crippen molar-refractivity contribution in [1.82, 2.24) is 4.90 Å². The summed E-state index contributed by atoms with van der Waals surface area (Å²) < 4.78 is 15.9. The molecule has 2 aliphatic rings. The van der Waals surface area contributed by atoms with Gasteiger partial charge in [0.15, 0.2) is 11.9 Å². The summed E-state index contributed by atoms with van der Waals surface area (Å²) in [6.45, 7) is 6.17. The van der Waals surface area contributed by atoms with Crippen LogP contribution in [0, 0.1) is 11.8 Å². The lowest BCUT2D eigenvalue weighted by Gasteiger charge is -2.30. The van der Waals surface area contributed by atoms with E-state index < -0.39 is 24.0 Å². The van der Waals surface area contributed by atoms with Gasteiger partial charge in [0.1, 0.15) is 12.4 Å². The number of hydrogen-bond acceptors (Lipinski definition) is 7. The topological polar surface area (TPSA) is 102 Å². The molecule has 0 unspecified atom stereocenters. The van der Waals surface area contributed by atoms with Crippen molar-refractivity contribution in [3.8, 4) is 0 Å². The summed E-state index contributed by atoms with van der Waals surface area (Å²) in [7, 11) is 0. The molecule has 0 radical (unpaired) electrons. The molecule has 0 saturated carbocycles. The Morgan fingerprint density at radius 1 is 1.33 bits per heavy atom. The molecule has 3 atom stereocenters. The van der Waals surface area contributed by atoms with Crippen LogP contribution in [-0.2, 0) is 23.8 Å². The number of ether oxygens (including phenoxy) is 3. The van der Waals surface area contributed by atoms with Crippen LogP contribution >= 0.6 is 0 Å². The number of cyclic esters (lactones) is 1. The average Bonchev–Trinajstić information content (AvgIpc) is 3.03. The van der Waals surface area contributed by atoms with Crippen molar-refractivity contribution in [1.29, 1.82) is 0 Å². The zero-order valence-electron chi connectivity index (χ0n) is 15.9. The molecule has 1 N–H and O–H groups in total. The molecule has 0 aliphatic carbocycles. The second kappa shape index (κ2) is 9.66. The lowest BCUT2D eigenvalue weighted by atomic mass is 9.95. The molecule has 2 aliphatic heterocycles. The molecule has 0 spiro atoms. The Morgan fingerprint density at radius 2 is 2.07 bits per heavy atom. The summed E-state index contributed by atoms with van der Waals surface area (Å²) >= 11 is 0. The van der Waals surface area contributed by atoms with E-state index in [1.54, 1.807) is 19.1 Å². The Labute approximate surface area is 158 Å². The number of hydrogen-bond donors (Lipinski definition) is 1. The van der Waals surface area contributed by atoms with E-state index in [0.29, 0.717) is 18.8 Å². The maximum Gasteiger partial charge on any atom is 0.416 e. The molecule has 0 aromatic heterocycles. The fraction of sp³-hybridized carbons (Fsp3) is 0.632. The van der Waals surface area contributed by atoms with Gasteiger partial charge in [-0.15, -0.1) is 0 Å². The number of aliphatic hydroxyl groups excluding tert-OH is 1. The maximum absolute atomic E-state index is 12.9. The highest BCUT2D eigenvalue weighted by molar-refractivity contribution is 6.01. The molecule has 2 rings (SSSR count). The van der Waals surface area contributed by atoms with Crippen molar-refractivity contribution in [3.05, 3.63) is 24.0 Å². The first-order valence-electron chi connectivity index (χ1n) is 9.14. The molecular formula is C19H27NO7. The zero-order chi connectivity index (χ0) is 20.0. The van der Waals surface area contributed by atoms with Crippen LogP contribution in [0.1, 0.15) is 27.2 Å². The molecule has 0 bridgehead atoms. The van der Waals surface area contributed by atoms with Gasteiger partial charge in [-0.05, 0) is 37.5 Å². The van der Waals surface area contributed by atoms with Crippen molar-refractivity contribution in [3.63, 3.8) is 0 Å². The van der Waals surface area contributed by atoms with E-state index in [4.69, 9.17) is 19.3 Å². The molecule has 8 heteroatoms. The Bertz CT molecular complexity index is 626. The molecule has 1 fully saturated rings. The van der Waals surface area contributed by atoms with Crippen LogP contribution in [0.2, 0.25) is 0 Å². The van der Waals surface area contributed by atoms with Gasteiger partial charge in [-0.25, -0.2) is 9.69 Å². The Morgan fingerprint density at radius 3 is 2.74 bits per heavy atom. The molecule has 1 saturated heterocycles. The van der Waals surface area contributed by atoms with E-state index in [-0.39, 0.29) is 37.6 Å². The predicted octanol–water partition coefficient (Wildman–Crippen LogP) is 1.43. The minimum atomic E-state index is -0.992. The summed E-state index contributed by atoms with van der Waals surface area (Å²) in [5, 5.41) is 8.67. The maximum atomic E-state index is 12.9. The first-order valence-corrected chi connectivity index (χ1v) is 9.14. The first kappa shape index (κ1) is 21.1. The van der Waals surface area contributed by atoms with Crippen LogP contribution in [-0.4, -0.2) is 66.4 Å². The SMILES string of the molecule is CC(C)[C@H]1COC(=O)N1C(=O)[C@@H](C)[C@@H]1OC(=CCCOCCO)C=CC1=O. The summed E-state index contributed by atoms with van der Waals surface area (Å²) in [6.07, 6.45) is 3.54. The molecular weight excluding hydrogens is 354 g/mol. The molecule has 2 heterocycles. The van der Waals surface area contributed by atoms with Crippen LogP contribution in [0.5, 0.6) is 0 Å². The number of carbonyl (C=O) groups excluding carboxylic acids is 3. The third kappa shape index (κ3) is 5.17. The van der Waals surface area contributed by atoms with Gasteiger partial charge in [0.05, 0.1) is 31.8 Å². The lowest BCUT2D eigenvalue weighted by molar-refractivity contribution is -0.143. The van der Waals surface area contributed by atoms with Gasteiger partial charge in [-0.3, -0.25) is 9.59 Å². The second-order valence-corrected chi connectivity index (χ2v) is 6.89. The standard InChI is InChI=1S/C19H27NO7/c1-12(2)15-11-26-19(24)20(15)18(23)13(3)17-16(22)7-6-14(27-17)5-4-9-25-10-8-21/h5-7,12-13,15,17,21H,4,8-11H2,1-3H3/t13-,15+,17-/m0/s1. The fourth-order valence-electron chi connectivity index (χ4n) is 2.95. The normalized spacial score (nSPS) is 25.1. The van der Waals surface area contributed by atoms with Crippen LogP contribution < -0.4 is 0 Å². The van der Waals surface area contributed by atoms with Crippen LogP contribution in [0.25, 0.3) is 0 Å². The fourth-order valence-corrected chi connectivity index (χ4v) is 2.95. The van der Waals surface area contributed by atoms with Gasteiger partial charge in [0, 0.05) is 0 Å². The number of imide groups is 1. The zero-order valence-corrected chi connectivity index (χ0v) is 15.9. The minimum absolute atomic E-state index is 0.0422. The Hall–Kier alpha value is -2.19. The van der Waals surface area contributed by atoms with E-state index in [0.717, 1.165) is 4.90 Å². The van der Waals surface area contributed by atoms with Crippen molar-refractivity contribution >= 4 is 17.8 Å². The van der Waals surface area contributed by atoms with Gasteiger partial charge in [-0.2, -0.15) is 0 Å². The Kier molecular flexibility index (Phi) is 7.55. The highest BCUT2D eigenvalue weighted by Crippen LogP contribution is 2.26. The summed E-state index contributed by atoms with van der Waals surface area (Å²) in [6, 6.07) is -0.347. The highest BCUT2D eigenvalue weighted by atomic mass is 16.6. The smallest absolute Gasteiger partial charge is 0.416 e. The number of aliphatic hydroxyl groups is 1. The molecule has 0 aromatic carbocycles. The van der Waals surface area contributed by atoms with Gasteiger partial charge in [0.2, 0.25) is 5.91 Å². The van der Waals surface area contributed by atoms with Crippen molar-refractivity contribution in [2.75, 3.05) is 26.4 Å². The monoisotopic (exact) mass is 381 g/mol. The summed E-state index contributed by atoms with van der Waals surface area (Å²) in [5.74, 6) is -1.11. The third-order valence-electron chi connectivity index (χ3n) is 4.56. The third-order valence-corrected chi connectivity index (χ3v) is 4.56. The molecule has 150 valence electrons. The van der Waals surface area contributed by atoms with E-state index in [1.807, 2.05) is 13.8 Å². The van der Waals surface area contributed by atoms with Crippen LogP contribution in [0.4, 0.5) is 4.79 Å². The predicted molar refractivity (Wildman–Crippen MR) is 95.6 cm³/mol. The number of rotatable bonds is 8. The number of allylic oxidation sites excluding steroid dienone is 1. The van der Waals surface area contributed by atoms with Gasteiger partial charge in [0.25, 0.3) is 0 Å². The molecule has 8 nitrogen and oxygen atoms in total. The largest absolute Gasteiger partial charge is 0.482 e. The highest BCUT2D eigenvalue weighted by Gasteiger charge is 2.44. The number of nitrogens with zero attached hydrogens (tertiary/aromatic N) is 1. The quantitative estimate of drug-likeness (QED) is 0.635. The van der Waals surface area contributed by atoms with E-state index in [9.17, 15) is 14.4 Å². The van der Waals surface area contributed by atoms with E-state index in [1.165, 1.54) is 6.08 Å². The van der Waals surface area contributed by atoms with E-state index >= 15 is 0 Å². The first-order chi connectivity index (χ1) is 12.9. The minimum Gasteiger partial charge on any atom is -0.482 e. The Balaban J connectivity index is 2.04. The number of carbonyl (C=O) groups is 3. The number of amides is 2. The van der Waals surface area contributed by atoms with Gasteiger partial charge < -0.3 is 19.3 Å². The van der Waals surface area contributed by atoms with Gasteiger partial charge >= 0.3 is 6.09 Å².